The lowest BCUT2D eigenvalue weighted by molar-refractivity contribution is 0.0802. The summed E-state index contributed by atoms with van der Waals surface area (Å²) in [5.41, 5.74) is 0.762. The number of hydrogen-bond acceptors (Lipinski definition) is 2. The van der Waals surface area contributed by atoms with Gasteiger partial charge in [0.1, 0.15) is 0 Å². The molecule has 16 heavy (non-hydrogen) atoms. The van der Waals surface area contributed by atoms with E-state index in [1.807, 2.05) is 0 Å². The number of carboxylic acid groups (broad SMARTS) is 1. The number of nitrogens with zero attached hydrogens (tertiary/aromatic N) is 2. The van der Waals surface area contributed by atoms with Crippen molar-refractivity contribution in [2.45, 2.75) is 18.6 Å². The summed E-state index contributed by atoms with van der Waals surface area (Å²) in [4.78, 5) is 15.3. The zero-order chi connectivity index (χ0) is 11.5. The van der Waals surface area contributed by atoms with E-state index in [0.29, 0.717) is 11.3 Å². The molecule has 0 radical (unpaired) electrons. The third-order valence-corrected chi connectivity index (χ3v) is 2.61. The minimum Gasteiger partial charge on any atom is -0.465 e. The van der Waals surface area contributed by atoms with Crippen molar-refractivity contribution in [3.8, 4) is 0 Å². The Morgan fingerprint density at radius 3 is 2.81 bits per heavy atom. The van der Waals surface area contributed by atoms with Gasteiger partial charge in [0.25, 0.3) is 0 Å². The maximum absolute atomic E-state index is 13.9. The number of carbonyl (C=O) groups is 1. The molecule has 0 saturated carbocycles. The zero-order valence-electron chi connectivity index (χ0n) is 8.45. The molecule has 1 aliphatic rings. The standard InChI is InChI=1S/C11H11FN2O2/c12-10-9(8-3-5-13-6-4-8)2-1-7-14(10)11(15)16/h1,3-7,9-10H,2H2,(H,15,16). The molecular weight excluding hydrogens is 211 g/mol. The van der Waals surface area contributed by atoms with Crippen molar-refractivity contribution in [2.75, 3.05) is 0 Å². The molecule has 1 amide bonds. The van der Waals surface area contributed by atoms with E-state index in [4.69, 9.17) is 5.11 Å². The molecule has 2 unspecified atom stereocenters. The topological polar surface area (TPSA) is 53.4 Å². The fourth-order valence-electron chi connectivity index (χ4n) is 1.78. The molecule has 5 heteroatoms. The summed E-state index contributed by atoms with van der Waals surface area (Å²) in [6.45, 7) is 0. The fourth-order valence-corrected chi connectivity index (χ4v) is 1.78. The summed E-state index contributed by atoms with van der Waals surface area (Å²) >= 11 is 0. The molecule has 84 valence electrons. The van der Waals surface area contributed by atoms with E-state index in [-0.39, 0.29) is 0 Å². The van der Waals surface area contributed by atoms with Gasteiger partial charge in [0.05, 0.1) is 0 Å². The van der Waals surface area contributed by atoms with Crippen LogP contribution in [0.15, 0.2) is 36.8 Å². The molecule has 1 aromatic rings. The average Bonchev–Trinajstić information content (AvgIpc) is 2.30. The second-order valence-corrected chi connectivity index (χ2v) is 3.57. The second kappa shape index (κ2) is 4.30. The first-order valence-corrected chi connectivity index (χ1v) is 4.92. The molecule has 0 bridgehead atoms. The third-order valence-electron chi connectivity index (χ3n) is 2.61. The highest BCUT2D eigenvalue weighted by Gasteiger charge is 2.32. The number of rotatable bonds is 1. The van der Waals surface area contributed by atoms with Crippen molar-refractivity contribution in [1.29, 1.82) is 0 Å². The van der Waals surface area contributed by atoms with Gasteiger partial charge in [-0.2, -0.15) is 0 Å². The minimum absolute atomic E-state index is 0.455. The molecule has 2 atom stereocenters. The van der Waals surface area contributed by atoms with E-state index in [2.05, 4.69) is 4.98 Å². The number of aromatic nitrogens is 1. The van der Waals surface area contributed by atoms with Gasteiger partial charge in [-0.15, -0.1) is 0 Å². The van der Waals surface area contributed by atoms with Crippen LogP contribution < -0.4 is 0 Å². The van der Waals surface area contributed by atoms with Crippen molar-refractivity contribution in [2.24, 2.45) is 0 Å². The molecule has 2 heterocycles. The molecule has 0 aliphatic carbocycles. The van der Waals surface area contributed by atoms with Gasteiger partial charge in [0, 0.05) is 24.5 Å². The molecule has 0 spiro atoms. The minimum atomic E-state index is -1.54. The molecule has 1 N–H and O–H groups in total. The number of allylic oxidation sites excluding steroid dienone is 1. The largest absolute Gasteiger partial charge is 0.465 e. The number of amides is 1. The first-order valence-electron chi connectivity index (χ1n) is 4.92. The van der Waals surface area contributed by atoms with Crippen LogP contribution >= 0.6 is 0 Å². The fraction of sp³-hybridized carbons (Fsp3) is 0.273. The predicted octanol–water partition coefficient (Wildman–Crippen LogP) is 2.36. The lowest BCUT2D eigenvalue weighted by atomic mass is 9.93. The van der Waals surface area contributed by atoms with Gasteiger partial charge in [0.15, 0.2) is 6.30 Å². The van der Waals surface area contributed by atoms with Gasteiger partial charge < -0.3 is 5.11 Å². The Labute approximate surface area is 92.0 Å². The first-order chi connectivity index (χ1) is 7.70. The van der Waals surface area contributed by atoms with E-state index in [0.717, 1.165) is 5.56 Å². The summed E-state index contributed by atoms with van der Waals surface area (Å²) in [5, 5.41) is 8.80. The van der Waals surface area contributed by atoms with Crippen molar-refractivity contribution >= 4 is 6.09 Å². The van der Waals surface area contributed by atoms with Crippen LogP contribution in [0.2, 0.25) is 0 Å². The van der Waals surface area contributed by atoms with Crippen molar-refractivity contribution < 1.29 is 14.3 Å². The van der Waals surface area contributed by atoms with Crippen LogP contribution in [0.25, 0.3) is 0 Å². The maximum Gasteiger partial charge on any atom is 0.413 e. The third kappa shape index (κ3) is 1.88. The summed E-state index contributed by atoms with van der Waals surface area (Å²) in [6.07, 6.45) is 3.76. The van der Waals surface area contributed by atoms with Gasteiger partial charge in [-0.25, -0.2) is 9.18 Å². The van der Waals surface area contributed by atoms with E-state index >= 15 is 0 Å². The Morgan fingerprint density at radius 1 is 1.50 bits per heavy atom. The second-order valence-electron chi connectivity index (χ2n) is 3.57. The summed E-state index contributed by atoms with van der Waals surface area (Å²) in [7, 11) is 0. The van der Waals surface area contributed by atoms with Crippen LogP contribution in [-0.2, 0) is 0 Å². The average molecular weight is 222 g/mol. The van der Waals surface area contributed by atoms with Gasteiger partial charge in [0.2, 0.25) is 0 Å². The van der Waals surface area contributed by atoms with Gasteiger partial charge >= 0.3 is 6.09 Å². The molecule has 4 nitrogen and oxygen atoms in total. The normalized spacial score (nSPS) is 24.4. The number of halogens is 1. The number of hydrogen-bond donors (Lipinski definition) is 1. The van der Waals surface area contributed by atoms with Crippen LogP contribution in [0.5, 0.6) is 0 Å². The zero-order valence-corrected chi connectivity index (χ0v) is 8.45. The monoisotopic (exact) mass is 222 g/mol. The van der Waals surface area contributed by atoms with Gasteiger partial charge in [-0.3, -0.25) is 9.88 Å². The van der Waals surface area contributed by atoms with Crippen LogP contribution in [0.4, 0.5) is 9.18 Å². The Morgan fingerprint density at radius 2 is 2.19 bits per heavy atom. The summed E-state index contributed by atoms with van der Waals surface area (Å²) in [6, 6.07) is 3.41. The Bertz CT molecular complexity index is 408. The lowest BCUT2D eigenvalue weighted by Crippen LogP contribution is -2.38. The predicted molar refractivity (Wildman–Crippen MR) is 55.5 cm³/mol. The van der Waals surface area contributed by atoms with Crippen molar-refractivity contribution in [1.82, 2.24) is 9.88 Å². The van der Waals surface area contributed by atoms with E-state index in [9.17, 15) is 9.18 Å². The van der Waals surface area contributed by atoms with Crippen LogP contribution in [-0.4, -0.2) is 27.4 Å². The number of pyridine rings is 1. The van der Waals surface area contributed by atoms with E-state index in [1.165, 1.54) is 6.20 Å². The molecule has 0 aromatic carbocycles. The number of alkyl halides is 1. The highest BCUT2D eigenvalue weighted by atomic mass is 19.1. The molecule has 0 saturated heterocycles. The maximum atomic E-state index is 13.9. The van der Waals surface area contributed by atoms with E-state index in [1.54, 1.807) is 30.6 Å². The van der Waals surface area contributed by atoms with Crippen LogP contribution in [0.1, 0.15) is 17.9 Å². The SMILES string of the molecule is O=C(O)N1C=CCC(c2ccncc2)C1F. The Kier molecular flexibility index (Phi) is 2.85. The Balaban J connectivity index is 2.25. The van der Waals surface area contributed by atoms with Crippen molar-refractivity contribution in [3.05, 3.63) is 42.4 Å². The lowest BCUT2D eigenvalue weighted by Gasteiger charge is -2.30. The van der Waals surface area contributed by atoms with Gasteiger partial charge in [-0.05, 0) is 24.1 Å². The first kappa shape index (κ1) is 10.6. The molecule has 2 rings (SSSR count). The highest BCUT2D eigenvalue weighted by molar-refractivity contribution is 5.67. The molecular formula is C11H11FN2O2. The molecule has 0 fully saturated rings. The molecule has 1 aromatic heterocycles. The quantitative estimate of drug-likeness (QED) is 0.742. The van der Waals surface area contributed by atoms with Crippen LogP contribution in [0.3, 0.4) is 0 Å². The van der Waals surface area contributed by atoms with Crippen molar-refractivity contribution in [3.63, 3.8) is 0 Å². The summed E-state index contributed by atoms with van der Waals surface area (Å²) < 4.78 is 13.9. The molecule has 1 aliphatic heterocycles. The highest BCUT2D eigenvalue weighted by Crippen LogP contribution is 2.31. The summed E-state index contributed by atoms with van der Waals surface area (Å²) in [5.74, 6) is -0.455. The smallest absolute Gasteiger partial charge is 0.413 e. The van der Waals surface area contributed by atoms with Gasteiger partial charge in [-0.1, -0.05) is 6.08 Å². The van der Waals surface area contributed by atoms with Crippen LogP contribution in [0, 0.1) is 0 Å². The Hall–Kier alpha value is -1.91. The van der Waals surface area contributed by atoms with E-state index < -0.39 is 18.3 Å².